The minimum absolute atomic E-state index is 0.0285. The van der Waals surface area contributed by atoms with Crippen LogP contribution in [0.25, 0.3) is 0 Å². The van der Waals surface area contributed by atoms with Gasteiger partial charge < -0.3 is 14.7 Å². The van der Waals surface area contributed by atoms with Crippen molar-refractivity contribution in [2.24, 2.45) is 11.8 Å². The molecule has 1 aromatic rings. The molecule has 1 aromatic heterocycles. The van der Waals surface area contributed by atoms with Crippen LogP contribution in [0.5, 0.6) is 0 Å². The van der Waals surface area contributed by atoms with Crippen LogP contribution in [-0.4, -0.2) is 64.5 Å². The van der Waals surface area contributed by atoms with Crippen molar-refractivity contribution in [1.82, 2.24) is 25.3 Å². The van der Waals surface area contributed by atoms with E-state index in [9.17, 15) is 9.59 Å². The van der Waals surface area contributed by atoms with Crippen molar-refractivity contribution < 1.29 is 14.1 Å². The van der Waals surface area contributed by atoms with Gasteiger partial charge in [0.25, 0.3) is 0 Å². The van der Waals surface area contributed by atoms with Crippen molar-refractivity contribution in [3.8, 4) is 0 Å². The number of amides is 2. The molecule has 8 heteroatoms. The monoisotopic (exact) mass is 349 g/mol. The zero-order valence-electron chi connectivity index (χ0n) is 15.2. The molecule has 0 aromatic carbocycles. The largest absolute Gasteiger partial charge is 0.351 e. The molecule has 1 saturated carbocycles. The van der Waals surface area contributed by atoms with E-state index >= 15 is 0 Å². The van der Waals surface area contributed by atoms with Gasteiger partial charge in [-0.2, -0.15) is 4.98 Å². The Bertz CT molecular complexity index is 626. The third-order valence-electron chi connectivity index (χ3n) is 4.98. The average Bonchev–Trinajstić information content (AvgIpc) is 3.32. The lowest BCUT2D eigenvalue weighted by Crippen LogP contribution is -2.47. The molecule has 2 heterocycles. The van der Waals surface area contributed by atoms with Gasteiger partial charge in [0, 0.05) is 39.1 Å². The highest BCUT2D eigenvalue weighted by Gasteiger charge is 2.35. The summed E-state index contributed by atoms with van der Waals surface area (Å²) in [6.07, 6.45) is 2.99. The van der Waals surface area contributed by atoms with Crippen molar-refractivity contribution >= 4 is 11.8 Å². The van der Waals surface area contributed by atoms with Crippen molar-refractivity contribution in [2.45, 2.75) is 45.7 Å². The first-order valence-electron chi connectivity index (χ1n) is 9.04. The minimum Gasteiger partial charge on any atom is -0.351 e. The molecule has 2 fully saturated rings. The number of hydrogen-bond donors (Lipinski definition) is 1. The number of rotatable bonds is 6. The Labute approximate surface area is 147 Å². The van der Waals surface area contributed by atoms with E-state index in [-0.39, 0.29) is 23.7 Å². The molecule has 2 aliphatic rings. The molecule has 1 aliphatic carbocycles. The van der Waals surface area contributed by atoms with Crippen LogP contribution >= 0.6 is 0 Å². The lowest BCUT2D eigenvalue weighted by atomic mass is 10.0. The summed E-state index contributed by atoms with van der Waals surface area (Å²) in [5.41, 5.74) is 0. The second-order valence-electron chi connectivity index (χ2n) is 7.38. The normalized spacial score (nSPS) is 22.3. The average molecular weight is 349 g/mol. The summed E-state index contributed by atoms with van der Waals surface area (Å²) >= 11 is 0. The highest BCUT2D eigenvalue weighted by molar-refractivity contribution is 5.89. The predicted octanol–water partition coefficient (Wildman–Crippen LogP) is 0.898. The number of hydrogen-bond acceptors (Lipinski definition) is 6. The molecule has 3 rings (SSSR count). The molecular formula is C17H27N5O3. The van der Waals surface area contributed by atoms with Gasteiger partial charge >= 0.3 is 11.8 Å². The molecule has 1 aliphatic heterocycles. The van der Waals surface area contributed by atoms with Gasteiger partial charge in [-0.05, 0) is 24.7 Å². The Morgan fingerprint density at radius 3 is 2.80 bits per heavy atom. The second-order valence-corrected chi connectivity index (χ2v) is 7.38. The van der Waals surface area contributed by atoms with Gasteiger partial charge in [0.05, 0.1) is 6.54 Å². The summed E-state index contributed by atoms with van der Waals surface area (Å²) in [6, 6.07) is 0.195. The van der Waals surface area contributed by atoms with E-state index in [4.69, 9.17) is 4.52 Å². The zero-order chi connectivity index (χ0) is 18.0. The van der Waals surface area contributed by atoms with Gasteiger partial charge in [-0.1, -0.05) is 19.0 Å². The van der Waals surface area contributed by atoms with E-state index in [1.165, 1.54) is 19.9 Å². The topological polar surface area (TPSA) is 91.6 Å². The maximum absolute atomic E-state index is 12.6. The molecule has 138 valence electrons. The molecule has 1 N–H and O–H groups in total. The molecule has 1 saturated heterocycles. The first-order valence-corrected chi connectivity index (χ1v) is 9.04. The summed E-state index contributed by atoms with van der Waals surface area (Å²) in [6.45, 7) is 7.17. The summed E-state index contributed by atoms with van der Waals surface area (Å²) in [5, 5.41) is 6.35. The summed E-state index contributed by atoms with van der Waals surface area (Å²) < 4.78 is 4.99. The van der Waals surface area contributed by atoms with Gasteiger partial charge in [-0.15, -0.1) is 0 Å². The molecule has 0 radical (unpaired) electrons. The number of nitrogens with zero attached hydrogens (tertiary/aromatic N) is 4. The predicted molar refractivity (Wildman–Crippen MR) is 90.6 cm³/mol. The Balaban J connectivity index is 1.68. The minimum atomic E-state index is -0.388. The Hall–Kier alpha value is -1.96. The Morgan fingerprint density at radius 1 is 1.40 bits per heavy atom. The highest BCUT2D eigenvalue weighted by atomic mass is 16.5. The Kier molecular flexibility index (Phi) is 5.36. The molecule has 0 spiro atoms. The quantitative estimate of drug-likeness (QED) is 0.820. The lowest BCUT2D eigenvalue weighted by molar-refractivity contribution is -0.133. The van der Waals surface area contributed by atoms with Crippen molar-refractivity contribution in [3.63, 3.8) is 0 Å². The van der Waals surface area contributed by atoms with E-state index in [1.54, 1.807) is 0 Å². The van der Waals surface area contributed by atoms with Crippen LogP contribution in [-0.2, 0) is 11.3 Å². The molecular weight excluding hydrogens is 322 g/mol. The van der Waals surface area contributed by atoms with Gasteiger partial charge in [0.2, 0.25) is 5.91 Å². The van der Waals surface area contributed by atoms with Crippen LogP contribution in [0.15, 0.2) is 4.52 Å². The van der Waals surface area contributed by atoms with Gasteiger partial charge in [0.1, 0.15) is 0 Å². The number of aromatic nitrogens is 2. The Morgan fingerprint density at radius 2 is 2.16 bits per heavy atom. The van der Waals surface area contributed by atoms with Crippen LogP contribution in [0.1, 0.15) is 49.6 Å². The van der Waals surface area contributed by atoms with Gasteiger partial charge in [-0.3, -0.25) is 14.5 Å². The summed E-state index contributed by atoms with van der Waals surface area (Å²) in [7, 11) is 1.52. The van der Waals surface area contributed by atoms with Crippen LogP contribution in [0.4, 0.5) is 0 Å². The lowest BCUT2D eigenvalue weighted by Gasteiger charge is -2.34. The first-order chi connectivity index (χ1) is 12.0. The number of carbonyl (C=O) groups excluding carboxylic acids is 2. The fourth-order valence-corrected chi connectivity index (χ4v) is 3.28. The number of nitrogens with one attached hydrogen (secondary N) is 1. The van der Waals surface area contributed by atoms with E-state index in [0.29, 0.717) is 37.2 Å². The van der Waals surface area contributed by atoms with E-state index in [2.05, 4.69) is 39.1 Å². The SMILES string of the molecule is CNC(=O)c1nc(CN2CCC(=O)N(CC3CC3)[C@@H](C(C)C)C2)no1. The maximum Gasteiger partial charge on any atom is 0.315 e. The van der Waals surface area contributed by atoms with E-state index in [1.807, 2.05) is 0 Å². The standard InChI is InChI=1S/C17H27N5O3/c1-11(2)13-9-21(7-6-15(23)22(13)8-12-4-5-12)10-14-19-17(25-20-14)16(24)18-3/h11-13H,4-10H2,1-3H3,(H,18,24)/t13-/m1/s1. The van der Waals surface area contributed by atoms with Crippen molar-refractivity contribution in [1.29, 1.82) is 0 Å². The van der Waals surface area contributed by atoms with E-state index < -0.39 is 0 Å². The zero-order valence-corrected chi connectivity index (χ0v) is 15.2. The number of carbonyl (C=O) groups is 2. The molecule has 1 atom stereocenters. The fourth-order valence-electron chi connectivity index (χ4n) is 3.28. The van der Waals surface area contributed by atoms with Crippen LogP contribution in [0.2, 0.25) is 0 Å². The smallest absolute Gasteiger partial charge is 0.315 e. The summed E-state index contributed by atoms with van der Waals surface area (Å²) in [5.74, 6) is 1.37. The third-order valence-corrected chi connectivity index (χ3v) is 4.98. The molecule has 8 nitrogen and oxygen atoms in total. The van der Waals surface area contributed by atoms with Gasteiger partial charge in [0.15, 0.2) is 5.82 Å². The molecule has 0 bridgehead atoms. The van der Waals surface area contributed by atoms with Crippen molar-refractivity contribution in [3.05, 3.63) is 11.7 Å². The third kappa shape index (κ3) is 4.36. The molecule has 25 heavy (non-hydrogen) atoms. The molecule has 0 unspecified atom stereocenters. The molecule has 2 amide bonds. The first kappa shape index (κ1) is 17.8. The van der Waals surface area contributed by atoms with Gasteiger partial charge in [-0.25, -0.2) is 0 Å². The van der Waals surface area contributed by atoms with Crippen molar-refractivity contribution in [2.75, 3.05) is 26.7 Å². The van der Waals surface area contributed by atoms with Crippen LogP contribution in [0.3, 0.4) is 0 Å². The summed E-state index contributed by atoms with van der Waals surface area (Å²) in [4.78, 5) is 32.6. The van der Waals surface area contributed by atoms with Crippen LogP contribution < -0.4 is 5.32 Å². The fraction of sp³-hybridized carbons (Fsp3) is 0.765. The maximum atomic E-state index is 12.6. The highest BCUT2D eigenvalue weighted by Crippen LogP contribution is 2.32. The second kappa shape index (κ2) is 7.51. The van der Waals surface area contributed by atoms with Crippen LogP contribution in [0, 0.1) is 11.8 Å². The van der Waals surface area contributed by atoms with E-state index in [0.717, 1.165) is 13.1 Å².